The Labute approximate surface area is 90.5 Å². The molecule has 82 valence electrons. The molecule has 1 aliphatic carbocycles. The molecule has 3 nitrogen and oxygen atoms in total. The Kier molecular flexibility index (Phi) is 3.19. The molecule has 0 aromatic carbocycles. The van der Waals surface area contributed by atoms with Crippen molar-refractivity contribution in [1.82, 2.24) is 9.55 Å². The number of ketones is 1. The van der Waals surface area contributed by atoms with Crippen molar-refractivity contribution in [2.75, 3.05) is 0 Å². The maximum atomic E-state index is 12.2. The van der Waals surface area contributed by atoms with Gasteiger partial charge in [-0.15, -0.1) is 0 Å². The second-order valence-electron chi connectivity index (χ2n) is 4.41. The van der Waals surface area contributed by atoms with Gasteiger partial charge in [0.25, 0.3) is 0 Å². The quantitative estimate of drug-likeness (QED) is 0.550. The van der Waals surface area contributed by atoms with E-state index in [1.165, 1.54) is 25.7 Å². The number of carbonyl (C=O) groups is 1. The van der Waals surface area contributed by atoms with Gasteiger partial charge in [-0.1, -0.05) is 25.7 Å². The summed E-state index contributed by atoms with van der Waals surface area (Å²) in [5.41, 5.74) is 0. The molecule has 2 rings (SSSR count). The molecule has 1 heterocycles. The molecule has 0 atom stereocenters. The number of aryl methyl sites for hydroxylation is 1. The molecule has 0 bridgehead atoms. The third kappa shape index (κ3) is 2.28. The van der Waals surface area contributed by atoms with Crippen LogP contribution in [0.5, 0.6) is 0 Å². The Morgan fingerprint density at radius 2 is 2.00 bits per heavy atom. The van der Waals surface area contributed by atoms with Crippen LogP contribution in [0, 0.1) is 5.92 Å². The first kappa shape index (κ1) is 10.4. The first-order valence-corrected chi connectivity index (χ1v) is 5.80. The maximum absolute atomic E-state index is 12.2. The fraction of sp³-hybridized carbons (Fsp3) is 0.667. The summed E-state index contributed by atoms with van der Waals surface area (Å²) in [4.78, 5) is 16.3. The van der Waals surface area contributed by atoms with Crippen molar-refractivity contribution < 1.29 is 4.79 Å². The Morgan fingerprint density at radius 3 is 2.53 bits per heavy atom. The number of hydrogen-bond acceptors (Lipinski definition) is 2. The molecule has 1 aromatic heterocycles. The van der Waals surface area contributed by atoms with E-state index in [1.54, 1.807) is 6.20 Å². The highest BCUT2D eigenvalue weighted by molar-refractivity contribution is 5.94. The second-order valence-corrected chi connectivity index (χ2v) is 4.41. The van der Waals surface area contributed by atoms with Crippen molar-refractivity contribution in [1.29, 1.82) is 0 Å². The Morgan fingerprint density at radius 1 is 1.33 bits per heavy atom. The molecular weight excluding hydrogens is 188 g/mol. The largest absolute Gasteiger partial charge is 0.332 e. The first-order valence-electron chi connectivity index (χ1n) is 5.80. The SMILES string of the molecule is Cn1ccnc1C(=O)C1CCCCCC1. The highest BCUT2D eigenvalue weighted by Crippen LogP contribution is 2.25. The van der Waals surface area contributed by atoms with Crippen LogP contribution in [-0.4, -0.2) is 15.3 Å². The average molecular weight is 206 g/mol. The monoisotopic (exact) mass is 206 g/mol. The summed E-state index contributed by atoms with van der Waals surface area (Å²) in [6.07, 6.45) is 10.6. The van der Waals surface area contributed by atoms with Gasteiger partial charge in [0.15, 0.2) is 5.82 Å². The molecule has 0 spiro atoms. The molecule has 0 unspecified atom stereocenters. The van der Waals surface area contributed by atoms with Gasteiger partial charge in [-0.3, -0.25) is 4.79 Å². The zero-order valence-electron chi connectivity index (χ0n) is 9.28. The third-order valence-corrected chi connectivity index (χ3v) is 3.27. The van der Waals surface area contributed by atoms with Crippen LogP contribution in [0.2, 0.25) is 0 Å². The Bertz CT molecular complexity index is 335. The summed E-state index contributed by atoms with van der Waals surface area (Å²) < 4.78 is 1.83. The summed E-state index contributed by atoms with van der Waals surface area (Å²) in [6, 6.07) is 0. The first-order chi connectivity index (χ1) is 7.29. The molecule has 1 aliphatic rings. The molecule has 1 saturated carbocycles. The molecule has 15 heavy (non-hydrogen) atoms. The summed E-state index contributed by atoms with van der Waals surface area (Å²) in [6.45, 7) is 0. The van der Waals surface area contributed by atoms with Crippen LogP contribution < -0.4 is 0 Å². The summed E-state index contributed by atoms with van der Waals surface area (Å²) in [5.74, 6) is 1.08. The van der Waals surface area contributed by atoms with Crippen molar-refractivity contribution in [2.24, 2.45) is 13.0 Å². The van der Waals surface area contributed by atoms with Crippen LogP contribution in [-0.2, 0) is 7.05 Å². The number of rotatable bonds is 2. The Balaban J connectivity index is 2.09. The van der Waals surface area contributed by atoms with Crippen molar-refractivity contribution in [3.05, 3.63) is 18.2 Å². The van der Waals surface area contributed by atoms with E-state index >= 15 is 0 Å². The zero-order chi connectivity index (χ0) is 10.7. The van der Waals surface area contributed by atoms with Gasteiger partial charge in [-0.25, -0.2) is 4.98 Å². The average Bonchev–Trinajstić information content (AvgIpc) is 2.53. The van der Waals surface area contributed by atoms with E-state index in [2.05, 4.69) is 4.98 Å². The summed E-state index contributed by atoms with van der Waals surface area (Å²) in [5, 5.41) is 0. The number of aromatic nitrogens is 2. The molecule has 0 amide bonds. The number of imidazole rings is 1. The lowest BCUT2D eigenvalue weighted by Gasteiger charge is -2.11. The zero-order valence-corrected chi connectivity index (χ0v) is 9.28. The maximum Gasteiger partial charge on any atom is 0.201 e. The van der Waals surface area contributed by atoms with E-state index in [1.807, 2.05) is 17.8 Å². The molecular formula is C12H18N2O. The summed E-state index contributed by atoms with van der Waals surface area (Å²) >= 11 is 0. The van der Waals surface area contributed by atoms with E-state index in [4.69, 9.17) is 0 Å². The standard InChI is InChI=1S/C12H18N2O/c1-14-9-8-13-12(14)11(15)10-6-4-2-3-5-7-10/h8-10H,2-7H2,1H3. The van der Waals surface area contributed by atoms with Crippen LogP contribution in [0.1, 0.15) is 49.1 Å². The number of Topliss-reactive ketones (excluding diaryl/α,β-unsaturated/α-hetero) is 1. The predicted molar refractivity (Wildman–Crippen MR) is 58.7 cm³/mol. The van der Waals surface area contributed by atoms with Gasteiger partial charge in [-0.05, 0) is 12.8 Å². The van der Waals surface area contributed by atoms with Crippen molar-refractivity contribution in [2.45, 2.75) is 38.5 Å². The summed E-state index contributed by atoms with van der Waals surface area (Å²) in [7, 11) is 1.89. The lowest BCUT2D eigenvalue weighted by molar-refractivity contribution is 0.0894. The second kappa shape index (κ2) is 4.60. The molecule has 0 N–H and O–H groups in total. The van der Waals surface area contributed by atoms with Crippen molar-refractivity contribution >= 4 is 5.78 Å². The molecule has 3 heteroatoms. The van der Waals surface area contributed by atoms with Crippen LogP contribution in [0.4, 0.5) is 0 Å². The van der Waals surface area contributed by atoms with Gasteiger partial charge in [0.1, 0.15) is 0 Å². The van der Waals surface area contributed by atoms with Crippen LogP contribution in [0.3, 0.4) is 0 Å². The normalized spacial score (nSPS) is 18.7. The van der Waals surface area contributed by atoms with Crippen LogP contribution >= 0.6 is 0 Å². The molecule has 1 aromatic rings. The van der Waals surface area contributed by atoms with Gasteiger partial charge in [0, 0.05) is 25.4 Å². The molecule has 0 saturated heterocycles. The third-order valence-electron chi connectivity index (χ3n) is 3.27. The van der Waals surface area contributed by atoms with E-state index < -0.39 is 0 Å². The van der Waals surface area contributed by atoms with Gasteiger partial charge in [0.2, 0.25) is 5.78 Å². The van der Waals surface area contributed by atoms with Gasteiger partial charge in [0.05, 0.1) is 0 Å². The number of nitrogens with zero attached hydrogens (tertiary/aromatic N) is 2. The minimum atomic E-state index is 0.216. The highest BCUT2D eigenvalue weighted by atomic mass is 16.1. The highest BCUT2D eigenvalue weighted by Gasteiger charge is 2.23. The lowest BCUT2D eigenvalue weighted by atomic mass is 9.95. The minimum Gasteiger partial charge on any atom is -0.332 e. The van der Waals surface area contributed by atoms with Crippen molar-refractivity contribution in [3.8, 4) is 0 Å². The van der Waals surface area contributed by atoms with E-state index in [-0.39, 0.29) is 11.7 Å². The van der Waals surface area contributed by atoms with Gasteiger partial charge < -0.3 is 4.57 Å². The number of carbonyl (C=O) groups excluding carboxylic acids is 1. The van der Waals surface area contributed by atoms with E-state index in [0.29, 0.717) is 5.82 Å². The smallest absolute Gasteiger partial charge is 0.201 e. The minimum absolute atomic E-state index is 0.216. The molecule has 1 fully saturated rings. The van der Waals surface area contributed by atoms with Crippen LogP contribution in [0.15, 0.2) is 12.4 Å². The number of hydrogen-bond donors (Lipinski definition) is 0. The topological polar surface area (TPSA) is 34.9 Å². The van der Waals surface area contributed by atoms with E-state index in [0.717, 1.165) is 12.8 Å². The van der Waals surface area contributed by atoms with Gasteiger partial charge >= 0.3 is 0 Å². The van der Waals surface area contributed by atoms with Gasteiger partial charge in [-0.2, -0.15) is 0 Å². The fourth-order valence-electron chi connectivity index (χ4n) is 2.33. The Hall–Kier alpha value is -1.12. The lowest BCUT2D eigenvalue weighted by Crippen LogP contribution is -2.18. The fourth-order valence-corrected chi connectivity index (χ4v) is 2.33. The predicted octanol–water partition coefficient (Wildman–Crippen LogP) is 2.57. The van der Waals surface area contributed by atoms with E-state index in [9.17, 15) is 4.79 Å². The van der Waals surface area contributed by atoms with Crippen LogP contribution in [0.25, 0.3) is 0 Å². The molecule has 0 aliphatic heterocycles. The van der Waals surface area contributed by atoms with Crippen molar-refractivity contribution in [3.63, 3.8) is 0 Å². The molecule has 0 radical (unpaired) electrons.